The number of halogens is 2. The molecule has 56 heavy (non-hydrogen) atoms. The van der Waals surface area contributed by atoms with Crippen LogP contribution in [0.4, 0.5) is 11.5 Å². The topological polar surface area (TPSA) is 184 Å². The molecule has 3 amide bonds. The molecule has 0 bridgehead atoms. The van der Waals surface area contributed by atoms with Gasteiger partial charge in [0.15, 0.2) is 5.65 Å². The average molecular weight is 800 g/mol. The Morgan fingerprint density at radius 2 is 1.64 bits per heavy atom. The molecule has 5 N–H and O–H groups in total. The monoisotopic (exact) mass is 798 g/mol. The summed E-state index contributed by atoms with van der Waals surface area (Å²) in [6, 6.07) is 22.6. The van der Waals surface area contributed by atoms with E-state index in [2.05, 4.69) is 35.9 Å². The third-order valence-corrected chi connectivity index (χ3v) is 10.0. The van der Waals surface area contributed by atoms with Crippen molar-refractivity contribution in [1.82, 2.24) is 35.7 Å². The summed E-state index contributed by atoms with van der Waals surface area (Å²) in [5.41, 5.74) is 9.03. The number of nitrogens with two attached hydrogens (primary N) is 1. The van der Waals surface area contributed by atoms with Crippen LogP contribution in [0.2, 0.25) is 10.0 Å². The molecule has 1 saturated heterocycles. The number of hydrazone groups is 1. The molecule has 1 unspecified atom stereocenters. The lowest BCUT2D eigenvalue weighted by Crippen LogP contribution is -2.36. The molecule has 2 aliphatic rings. The van der Waals surface area contributed by atoms with Crippen LogP contribution in [-0.4, -0.2) is 74.8 Å². The maximum absolute atomic E-state index is 12.3. The highest BCUT2D eigenvalue weighted by molar-refractivity contribution is 6.42. The van der Waals surface area contributed by atoms with Gasteiger partial charge in [-0.1, -0.05) is 48.3 Å². The van der Waals surface area contributed by atoms with Gasteiger partial charge in [-0.3, -0.25) is 24.5 Å². The Morgan fingerprint density at radius 3 is 2.39 bits per heavy atom. The number of nitrogens with zero attached hydrogens (tertiary/aromatic N) is 6. The Labute approximate surface area is 334 Å². The fourth-order valence-corrected chi connectivity index (χ4v) is 6.56. The minimum Gasteiger partial charge on any atom is -0.457 e. The third-order valence-electron chi connectivity index (χ3n) is 9.29. The van der Waals surface area contributed by atoms with Crippen molar-refractivity contribution < 1.29 is 19.1 Å². The minimum absolute atomic E-state index is 0.0469. The first kappa shape index (κ1) is 39.9. The Morgan fingerprint density at radius 1 is 0.893 bits per heavy atom. The molecule has 2 aliphatic heterocycles. The van der Waals surface area contributed by atoms with Gasteiger partial charge in [-0.15, -0.1) is 0 Å². The van der Waals surface area contributed by atoms with E-state index in [4.69, 9.17) is 33.7 Å². The first-order valence-electron chi connectivity index (χ1n) is 18.6. The van der Waals surface area contributed by atoms with Crippen molar-refractivity contribution in [3.05, 3.63) is 89.2 Å². The van der Waals surface area contributed by atoms with Crippen LogP contribution in [0, 0.1) is 5.92 Å². The van der Waals surface area contributed by atoms with Gasteiger partial charge in [0, 0.05) is 50.4 Å². The number of nitrogen functional groups attached to an aromatic ring is 1. The van der Waals surface area contributed by atoms with Gasteiger partial charge < -0.3 is 26.0 Å². The summed E-state index contributed by atoms with van der Waals surface area (Å²) in [5.74, 6) is 2.36. The number of carbonyl (C=O) groups excluding carboxylic acids is 3. The smallest absolute Gasteiger partial charge is 0.225 e. The number of benzene rings is 3. The highest BCUT2D eigenvalue weighted by atomic mass is 35.5. The number of piperidine rings is 1. The molecule has 0 saturated carbocycles. The van der Waals surface area contributed by atoms with Gasteiger partial charge >= 0.3 is 0 Å². The quantitative estimate of drug-likeness (QED) is 0.103. The zero-order valence-electron chi connectivity index (χ0n) is 31.0. The van der Waals surface area contributed by atoms with E-state index >= 15 is 0 Å². The molecule has 4 heterocycles. The number of rotatable bonds is 11. The summed E-state index contributed by atoms with van der Waals surface area (Å²) < 4.78 is 5.79. The predicted octanol–water partition coefficient (Wildman–Crippen LogP) is 6.96. The fourth-order valence-electron chi connectivity index (χ4n) is 6.27. The Hall–Kier alpha value is -5.73. The van der Waals surface area contributed by atoms with Crippen molar-refractivity contribution in [2.24, 2.45) is 11.0 Å². The summed E-state index contributed by atoms with van der Waals surface area (Å²) in [5, 5.41) is 20.7. The van der Waals surface area contributed by atoms with Gasteiger partial charge in [-0.05, 0) is 80.3 Å². The molecule has 2 aromatic heterocycles. The minimum atomic E-state index is -0.160. The normalized spacial score (nSPS) is 15.1. The van der Waals surface area contributed by atoms with E-state index in [1.165, 1.54) is 12.7 Å². The van der Waals surface area contributed by atoms with Gasteiger partial charge in [0.25, 0.3) is 0 Å². The number of aromatic nitrogens is 4. The Balaban J connectivity index is 0.000000201. The van der Waals surface area contributed by atoms with Crippen molar-refractivity contribution in [3.8, 4) is 22.8 Å². The number of ether oxygens (including phenoxy) is 1. The number of amides is 3. The van der Waals surface area contributed by atoms with Crippen molar-refractivity contribution in [2.45, 2.75) is 51.9 Å². The summed E-state index contributed by atoms with van der Waals surface area (Å²) in [4.78, 5) is 46.4. The summed E-state index contributed by atoms with van der Waals surface area (Å²) in [6.07, 6.45) is 5.84. The van der Waals surface area contributed by atoms with Crippen LogP contribution >= 0.6 is 23.2 Å². The summed E-state index contributed by atoms with van der Waals surface area (Å²) in [6.45, 7) is 4.60. The molecule has 16 heteroatoms. The molecule has 3 aromatic carbocycles. The molecule has 7 rings (SSSR count). The lowest BCUT2D eigenvalue weighted by atomic mass is 10.1. The second-order valence-corrected chi connectivity index (χ2v) is 14.3. The number of para-hydroxylation sites is 1. The van der Waals surface area contributed by atoms with Crippen LogP contribution in [0.25, 0.3) is 22.3 Å². The number of nitrogens with one attached hydrogen (secondary N) is 3. The van der Waals surface area contributed by atoms with Crippen molar-refractivity contribution in [1.29, 1.82) is 0 Å². The van der Waals surface area contributed by atoms with Crippen molar-refractivity contribution in [2.75, 3.05) is 36.9 Å². The number of hydrogen-bond donors (Lipinski definition) is 4. The number of amidine groups is 1. The number of anilines is 2. The van der Waals surface area contributed by atoms with Crippen LogP contribution in [0.1, 0.15) is 51.9 Å². The standard InChI is InChI=1S/C23H31Cl2N5O3.C17H13N5O/c1-16-15-30(17-7-8-18(24)19(25)14-17)28-23(16)27-21(32)6-5-11-26-20(31)9-10-22(33)29-12-3-2-4-13-29;18-16-14-15(21-22-17(14)20-10-19-16)11-6-8-13(9-7-11)23-12-4-2-1-3-5-12/h7-8,14,16H,2-6,9-13,15H2,1H3,(H,26,31)(H,27,28,32);1-10H,(H3,18,19,20,21,22). The zero-order valence-corrected chi connectivity index (χ0v) is 32.5. The number of H-pyrrole nitrogens is 1. The van der Waals surface area contributed by atoms with Crippen molar-refractivity contribution in [3.63, 3.8) is 0 Å². The second-order valence-electron chi connectivity index (χ2n) is 13.5. The fraction of sp³-hybridized carbons (Fsp3) is 0.325. The van der Waals surface area contributed by atoms with E-state index in [9.17, 15) is 14.4 Å². The number of aromatic amines is 1. The summed E-state index contributed by atoms with van der Waals surface area (Å²) >= 11 is 12.1. The molecule has 1 atom stereocenters. The van der Waals surface area contributed by atoms with Crippen LogP contribution in [0.5, 0.6) is 11.5 Å². The van der Waals surface area contributed by atoms with Crippen LogP contribution in [-0.2, 0) is 14.4 Å². The predicted molar refractivity (Wildman–Crippen MR) is 219 cm³/mol. The van der Waals surface area contributed by atoms with E-state index in [-0.39, 0.29) is 42.9 Å². The molecule has 0 spiro atoms. The first-order valence-corrected chi connectivity index (χ1v) is 19.3. The number of carbonyl (C=O) groups is 3. The lowest BCUT2D eigenvalue weighted by Gasteiger charge is -2.26. The van der Waals surface area contributed by atoms with Gasteiger partial charge in [-0.25, -0.2) is 9.97 Å². The maximum Gasteiger partial charge on any atom is 0.225 e. The highest BCUT2D eigenvalue weighted by Gasteiger charge is 2.25. The van der Waals surface area contributed by atoms with Crippen LogP contribution < -0.4 is 26.1 Å². The lowest BCUT2D eigenvalue weighted by molar-refractivity contribution is -0.134. The van der Waals surface area contributed by atoms with E-state index in [0.29, 0.717) is 46.9 Å². The SMILES string of the molecule is CC1CN(c2ccc(Cl)c(Cl)c2)N=C1NC(=O)CCCNC(=O)CCC(=O)N1CCCCC1.Nc1ncnc2n[nH]c(-c3ccc(Oc4ccccc4)cc3)c12. The zero-order chi connectivity index (χ0) is 39.4. The van der Waals surface area contributed by atoms with Gasteiger partial charge in [0.2, 0.25) is 17.7 Å². The Kier molecular flexibility index (Phi) is 13.7. The molecular formula is C40H44Cl2N10O4. The molecule has 0 aliphatic carbocycles. The van der Waals surface area contributed by atoms with Gasteiger partial charge in [0.05, 0.1) is 33.4 Å². The first-order chi connectivity index (χ1) is 27.1. The third kappa shape index (κ3) is 10.7. The average Bonchev–Trinajstić information content (AvgIpc) is 3.82. The molecule has 5 aromatic rings. The number of likely N-dealkylation sites (tertiary alicyclic amines) is 1. The molecular weight excluding hydrogens is 755 g/mol. The Bertz CT molecular complexity index is 2160. The number of hydrogen-bond acceptors (Lipinski definition) is 10. The van der Waals surface area contributed by atoms with Gasteiger partial charge in [-0.2, -0.15) is 10.2 Å². The van der Waals surface area contributed by atoms with Crippen molar-refractivity contribution >= 4 is 69.3 Å². The van der Waals surface area contributed by atoms with Crippen LogP contribution in [0.3, 0.4) is 0 Å². The van der Waals surface area contributed by atoms with Crippen LogP contribution in [0.15, 0.2) is 84.2 Å². The molecule has 14 nitrogen and oxygen atoms in total. The molecule has 292 valence electrons. The van der Waals surface area contributed by atoms with Gasteiger partial charge in [0.1, 0.15) is 29.5 Å². The van der Waals surface area contributed by atoms with E-state index in [1.807, 2.05) is 72.5 Å². The summed E-state index contributed by atoms with van der Waals surface area (Å²) in [7, 11) is 0. The highest BCUT2D eigenvalue weighted by Crippen LogP contribution is 2.31. The van der Waals surface area contributed by atoms with E-state index in [0.717, 1.165) is 59.8 Å². The molecule has 0 radical (unpaired) electrons. The van der Waals surface area contributed by atoms with E-state index < -0.39 is 0 Å². The number of fused-ring (bicyclic) bond motifs is 1. The second kappa shape index (κ2) is 19.2. The largest absolute Gasteiger partial charge is 0.457 e. The molecule has 1 fully saturated rings. The van der Waals surface area contributed by atoms with E-state index in [1.54, 1.807) is 17.1 Å². The maximum atomic E-state index is 12.3.